The van der Waals surface area contributed by atoms with E-state index in [4.69, 9.17) is 17.3 Å². The standard InChI is InChI=1S/C10H16ClN3OS/c1-7(16(2)15)3-4-13-10-9(11)5-8(12)6-14-10/h5-7H,3-4,12H2,1-2H3,(H,13,14). The van der Waals surface area contributed by atoms with Crippen LogP contribution in [0.5, 0.6) is 0 Å². The monoisotopic (exact) mass is 261 g/mol. The van der Waals surface area contributed by atoms with Crippen molar-refractivity contribution in [1.82, 2.24) is 4.98 Å². The molecule has 16 heavy (non-hydrogen) atoms. The average Bonchev–Trinajstić information content (AvgIpc) is 2.20. The summed E-state index contributed by atoms with van der Waals surface area (Å²) in [6.07, 6.45) is 4.07. The maximum atomic E-state index is 11.1. The van der Waals surface area contributed by atoms with Crippen LogP contribution in [0.2, 0.25) is 5.02 Å². The van der Waals surface area contributed by atoms with Crippen LogP contribution < -0.4 is 11.1 Å². The second-order valence-electron chi connectivity index (χ2n) is 3.62. The van der Waals surface area contributed by atoms with E-state index in [-0.39, 0.29) is 5.25 Å². The van der Waals surface area contributed by atoms with Gasteiger partial charge in [0.2, 0.25) is 0 Å². The van der Waals surface area contributed by atoms with Gasteiger partial charge in [-0.3, -0.25) is 4.21 Å². The van der Waals surface area contributed by atoms with Crippen molar-refractivity contribution < 1.29 is 4.21 Å². The van der Waals surface area contributed by atoms with Crippen molar-refractivity contribution in [3.8, 4) is 0 Å². The van der Waals surface area contributed by atoms with Gasteiger partial charge < -0.3 is 11.1 Å². The molecule has 0 aromatic carbocycles. The highest BCUT2D eigenvalue weighted by atomic mass is 35.5. The summed E-state index contributed by atoms with van der Waals surface area (Å²) in [4.78, 5) is 4.08. The number of nitrogens with one attached hydrogen (secondary N) is 1. The van der Waals surface area contributed by atoms with Gasteiger partial charge in [-0.2, -0.15) is 0 Å². The highest BCUT2D eigenvalue weighted by molar-refractivity contribution is 7.84. The average molecular weight is 262 g/mol. The molecule has 0 fully saturated rings. The zero-order chi connectivity index (χ0) is 12.1. The van der Waals surface area contributed by atoms with E-state index in [0.717, 1.165) is 6.42 Å². The van der Waals surface area contributed by atoms with Gasteiger partial charge >= 0.3 is 0 Å². The first-order chi connectivity index (χ1) is 7.50. The molecule has 6 heteroatoms. The Hall–Kier alpha value is -0.810. The van der Waals surface area contributed by atoms with Gasteiger partial charge in [0.1, 0.15) is 5.82 Å². The normalized spacial score (nSPS) is 14.4. The van der Waals surface area contributed by atoms with Crippen molar-refractivity contribution in [3.63, 3.8) is 0 Å². The molecule has 2 atom stereocenters. The lowest BCUT2D eigenvalue weighted by molar-refractivity contribution is 0.672. The minimum Gasteiger partial charge on any atom is -0.397 e. The number of halogens is 1. The molecular weight excluding hydrogens is 246 g/mol. The number of pyridine rings is 1. The third kappa shape index (κ3) is 3.98. The van der Waals surface area contributed by atoms with Crippen LogP contribution in [-0.2, 0) is 10.8 Å². The number of anilines is 2. The van der Waals surface area contributed by atoms with E-state index in [0.29, 0.717) is 23.1 Å². The molecule has 0 bridgehead atoms. The van der Waals surface area contributed by atoms with Gasteiger partial charge in [0.15, 0.2) is 0 Å². The fourth-order valence-electron chi connectivity index (χ4n) is 1.14. The van der Waals surface area contributed by atoms with Gasteiger partial charge in [0.25, 0.3) is 0 Å². The second kappa shape index (κ2) is 6.06. The second-order valence-corrected chi connectivity index (χ2v) is 5.83. The largest absolute Gasteiger partial charge is 0.397 e. The molecule has 0 saturated carbocycles. The first kappa shape index (κ1) is 13.3. The van der Waals surface area contributed by atoms with Gasteiger partial charge in [0.05, 0.1) is 16.9 Å². The number of nitrogens with zero attached hydrogens (tertiary/aromatic N) is 1. The number of hydrogen-bond donors (Lipinski definition) is 2. The van der Waals surface area contributed by atoms with E-state index < -0.39 is 10.8 Å². The lowest BCUT2D eigenvalue weighted by atomic mass is 10.3. The molecule has 0 amide bonds. The predicted octanol–water partition coefficient (Wildman–Crippen LogP) is 1.89. The molecule has 0 saturated heterocycles. The number of nitrogens with two attached hydrogens (primary N) is 1. The van der Waals surface area contributed by atoms with Crippen molar-refractivity contribution in [1.29, 1.82) is 0 Å². The van der Waals surface area contributed by atoms with Crippen LogP contribution in [0.1, 0.15) is 13.3 Å². The summed E-state index contributed by atoms with van der Waals surface area (Å²) < 4.78 is 11.1. The first-order valence-electron chi connectivity index (χ1n) is 4.98. The summed E-state index contributed by atoms with van der Waals surface area (Å²) in [5.41, 5.74) is 6.07. The maximum absolute atomic E-state index is 11.1. The lowest BCUT2D eigenvalue weighted by Crippen LogP contribution is -2.15. The van der Waals surface area contributed by atoms with Crippen LogP contribution in [-0.4, -0.2) is 27.2 Å². The minimum absolute atomic E-state index is 0.167. The van der Waals surface area contributed by atoms with Crippen molar-refractivity contribution in [3.05, 3.63) is 17.3 Å². The molecule has 0 aliphatic carbocycles. The Morgan fingerprint density at radius 3 is 2.94 bits per heavy atom. The molecule has 90 valence electrons. The summed E-state index contributed by atoms with van der Waals surface area (Å²) in [7, 11) is -0.791. The molecule has 4 nitrogen and oxygen atoms in total. The van der Waals surface area contributed by atoms with Gasteiger partial charge in [-0.1, -0.05) is 18.5 Å². The first-order valence-corrected chi connectivity index (χ1v) is 6.97. The van der Waals surface area contributed by atoms with Crippen LogP contribution >= 0.6 is 11.6 Å². The molecule has 1 rings (SSSR count). The molecule has 1 aromatic heterocycles. The molecule has 0 aliphatic rings. The van der Waals surface area contributed by atoms with Gasteiger partial charge in [-0.25, -0.2) is 4.98 Å². The van der Waals surface area contributed by atoms with Gasteiger partial charge in [0, 0.05) is 28.9 Å². The van der Waals surface area contributed by atoms with Crippen LogP contribution in [0, 0.1) is 0 Å². The zero-order valence-electron chi connectivity index (χ0n) is 9.37. The Labute approximate surface area is 103 Å². The van der Waals surface area contributed by atoms with Crippen molar-refractivity contribution >= 4 is 33.9 Å². The highest BCUT2D eigenvalue weighted by Gasteiger charge is 2.06. The maximum Gasteiger partial charge on any atom is 0.144 e. The summed E-state index contributed by atoms with van der Waals surface area (Å²) in [6, 6.07) is 1.65. The van der Waals surface area contributed by atoms with Crippen molar-refractivity contribution in [2.24, 2.45) is 0 Å². The number of aromatic nitrogens is 1. The summed E-state index contributed by atoms with van der Waals surface area (Å²) in [5, 5.41) is 3.76. The Morgan fingerprint density at radius 2 is 2.38 bits per heavy atom. The minimum atomic E-state index is -0.791. The Morgan fingerprint density at radius 1 is 1.69 bits per heavy atom. The fourth-order valence-corrected chi connectivity index (χ4v) is 1.83. The fraction of sp³-hybridized carbons (Fsp3) is 0.500. The third-order valence-corrected chi connectivity index (χ3v) is 3.93. The zero-order valence-corrected chi connectivity index (χ0v) is 10.9. The molecule has 0 aliphatic heterocycles. The number of nitrogen functional groups attached to an aromatic ring is 1. The quantitative estimate of drug-likeness (QED) is 0.849. The molecule has 0 radical (unpaired) electrons. The van der Waals surface area contributed by atoms with Gasteiger partial charge in [-0.05, 0) is 12.5 Å². The molecule has 1 heterocycles. The Kier molecular flexibility index (Phi) is 5.02. The Balaban J connectivity index is 2.46. The highest BCUT2D eigenvalue weighted by Crippen LogP contribution is 2.20. The SMILES string of the molecule is CC(CCNc1ncc(N)cc1Cl)S(C)=O. The Bertz CT molecular complexity index is 386. The molecule has 2 unspecified atom stereocenters. The van der Waals surface area contributed by atoms with Crippen LogP contribution in [0.25, 0.3) is 0 Å². The van der Waals surface area contributed by atoms with E-state index in [9.17, 15) is 4.21 Å². The number of hydrogen-bond acceptors (Lipinski definition) is 4. The smallest absolute Gasteiger partial charge is 0.144 e. The van der Waals surface area contributed by atoms with Gasteiger partial charge in [-0.15, -0.1) is 0 Å². The summed E-state index contributed by atoms with van der Waals surface area (Å²) >= 11 is 5.94. The van der Waals surface area contributed by atoms with Crippen LogP contribution in [0.15, 0.2) is 12.3 Å². The summed E-state index contributed by atoms with van der Waals surface area (Å²) in [5.74, 6) is 0.616. The van der Waals surface area contributed by atoms with E-state index >= 15 is 0 Å². The topological polar surface area (TPSA) is 68.0 Å². The summed E-state index contributed by atoms with van der Waals surface area (Å²) in [6.45, 7) is 2.65. The van der Waals surface area contributed by atoms with Crippen LogP contribution in [0.4, 0.5) is 11.5 Å². The third-order valence-electron chi connectivity index (χ3n) is 2.27. The number of rotatable bonds is 5. The van der Waals surface area contributed by atoms with Crippen LogP contribution in [0.3, 0.4) is 0 Å². The molecule has 3 N–H and O–H groups in total. The van der Waals surface area contributed by atoms with E-state index in [1.165, 1.54) is 0 Å². The lowest BCUT2D eigenvalue weighted by Gasteiger charge is -2.10. The molecular formula is C10H16ClN3OS. The van der Waals surface area contributed by atoms with E-state index in [1.807, 2.05) is 6.92 Å². The van der Waals surface area contributed by atoms with E-state index in [1.54, 1.807) is 18.5 Å². The van der Waals surface area contributed by atoms with Crippen molar-refractivity contribution in [2.45, 2.75) is 18.6 Å². The predicted molar refractivity (Wildman–Crippen MR) is 70.3 cm³/mol. The molecule has 0 spiro atoms. The van der Waals surface area contributed by atoms with E-state index in [2.05, 4.69) is 10.3 Å². The van der Waals surface area contributed by atoms with Crippen molar-refractivity contribution in [2.75, 3.05) is 23.9 Å². The molecule has 1 aromatic rings.